The Morgan fingerprint density at radius 3 is 2.62 bits per heavy atom. The maximum absolute atomic E-state index is 13.2. The van der Waals surface area contributed by atoms with Gasteiger partial charge in [-0.05, 0) is 60.2 Å². The highest BCUT2D eigenvalue weighted by Gasteiger charge is 2.15. The molecule has 1 N–H and O–H groups in total. The maximum Gasteiger partial charge on any atom is 0.211 e. The van der Waals surface area contributed by atoms with E-state index >= 15 is 0 Å². The van der Waals surface area contributed by atoms with E-state index in [1.807, 2.05) is 19.9 Å². The SMILES string of the molecule is C=C(OCC)/C(NC=O)=C(\CC)c1ccncc1Cc1ccc(F)cc1. The van der Waals surface area contributed by atoms with Gasteiger partial charge >= 0.3 is 0 Å². The zero-order valence-corrected chi connectivity index (χ0v) is 15.1. The molecule has 0 bridgehead atoms. The molecule has 26 heavy (non-hydrogen) atoms. The number of pyridine rings is 1. The van der Waals surface area contributed by atoms with Gasteiger partial charge in [-0.15, -0.1) is 0 Å². The molecule has 2 rings (SSSR count). The minimum absolute atomic E-state index is 0.264. The van der Waals surface area contributed by atoms with Crippen LogP contribution in [0, 0.1) is 5.82 Å². The minimum atomic E-state index is -0.264. The summed E-state index contributed by atoms with van der Waals surface area (Å²) >= 11 is 0. The van der Waals surface area contributed by atoms with Crippen molar-refractivity contribution in [2.75, 3.05) is 6.61 Å². The monoisotopic (exact) mass is 354 g/mol. The predicted octanol–water partition coefficient (Wildman–Crippen LogP) is 4.23. The van der Waals surface area contributed by atoms with Crippen molar-refractivity contribution in [1.29, 1.82) is 0 Å². The van der Waals surface area contributed by atoms with Gasteiger partial charge in [0.1, 0.15) is 11.6 Å². The summed E-state index contributed by atoms with van der Waals surface area (Å²) in [4.78, 5) is 15.3. The van der Waals surface area contributed by atoms with Gasteiger partial charge in [0.25, 0.3) is 0 Å². The van der Waals surface area contributed by atoms with Crippen molar-refractivity contribution in [3.05, 3.63) is 83.3 Å². The molecule has 4 nitrogen and oxygen atoms in total. The van der Waals surface area contributed by atoms with Gasteiger partial charge in [0, 0.05) is 12.4 Å². The number of ether oxygens (including phenoxy) is 1. The Kier molecular flexibility index (Phi) is 7.09. The van der Waals surface area contributed by atoms with E-state index in [-0.39, 0.29) is 5.82 Å². The maximum atomic E-state index is 13.2. The van der Waals surface area contributed by atoms with Crippen LogP contribution in [0.4, 0.5) is 4.39 Å². The summed E-state index contributed by atoms with van der Waals surface area (Å²) in [5.41, 5.74) is 4.39. The molecular weight excluding hydrogens is 331 g/mol. The van der Waals surface area contributed by atoms with Crippen molar-refractivity contribution in [2.45, 2.75) is 26.7 Å². The molecule has 1 amide bonds. The van der Waals surface area contributed by atoms with Gasteiger partial charge in [0.05, 0.1) is 12.3 Å². The Morgan fingerprint density at radius 2 is 2.00 bits per heavy atom. The second-order valence-electron chi connectivity index (χ2n) is 5.66. The highest BCUT2D eigenvalue weighted by atomic mass is 19.1. The molecule has 0 fully saturated rings. The average molecular weight is 354 g/mol. The van der Waals surface area contributed by atoms with Crippen molar-refractivity contribution in [3.8, 4) is 0 Å². The topological polar surface area (TPSA) is 51.2 Å². The molecule has 1 heterocycles. The summed E-state index contributed by atoms with van der Waals surface area (Å²) < 4.78 is 18.7. The molecule has 0 aliphatic heterocycles. The minimum Gasteiger partial charge on any atom is -0.492 e. The largest absolute Gasteiger partial charge is 0.492 e. The number of hydrogen-bond donors (Lipinski definition) is 1. The molecular formula is C21H23FN2O2. The molecule has 0 radical (unpaired) electrons. The molecule has 0 atom stereocenters. The quantitative estimate of drug-likeness (QED) is 0.416. The standard InChI is InChI=1S/C21H23FN2O2/c1-4-19(21(24-14-25)15(3)26-5-2)20-10-11-23-13-17(20)12-16-6-8-18(22)9-7-16/h6-11,13-14H,3-5,12H2,1-2H3,(H,24,25)/b21-19-. The Hall–Kier alpha value is -2.95. The lowest BCUT2D eigenvalue weighted by Crippen LogP contribution is -2.16. The third-order valence-electron chi connectivity index (χ3n) is 3.99. The van der Waals surface area contributed by atoms with Crippen LogP contribution in [0.2, 0.25) is 0 Å². The number of carbonyl (C=O) groups is 1. The molecule has 0 aliphatic rings. The van der Waals surface area contributed by atoms with Crippen LogP contribution in [-0.4, -0.2) is 18.0 Å². The van der Waals surface area contributed by atoms with Gasteiger partial charge in [-0.3, -0.25) is 9.78 Å². The van der Waals surface area contributed by atoms with Gasteiger partial charge in [0.2, 0.25) is 6.41 Å². The highest BCUT2D eigenvalue weighted by molar-refractivity contribution is 5.75. The van der Waals surface area contributed by atoms with Crippen molar-refractivity contribution >= 4 is 12.0 Å². The Labute approximate surface area is 153 Å². The first kappa shape index (κ1) is 19.4. The summed E-state index contributed by atoms with van der Waals surface area (Å²) in [5.74, 6) is 0.154. The molecule has 1 aromatic carbocycles. The van der Waals surface area contributed by atoms with Crippen LogP contribution in [0.1, 0.15) is 37.0 Å². The molecule has 0 spiro atoms. The second-order valence-corrected chi connectivity index (χ2v) is 5.66. The van der Waals surface area contributed by atoms with Crippen LogP contribution >= 0.6 is 0 Å². The van der Waals surface area contributed by atoms with E-state index < -0.39 is 0 Å². The van der Waals surface area contributed by atoms with Crippen LogP contribution < -0.4 is 5.32 Å². The first-order valence-corrected chi connectivity index (χ1v) is 8.53. The number of aromatic nitrogens is 1. The predicted molar refractivity (Wildman–Crippen MR) is 101 cm³/mol. The van der Waals surface area contributed by atoms with Crippen LogP contribution in [0.5, 0.6) is 0 Å². The Balaban J connectivity index is 2.49. The van der Waals surface area contributed by atoms with E-state index in [1.54, 1.807) is 24.5 Å². The van der Waals surface area contributed by atoms with E-state index in [0.29, 0.717) is 37.3 Å². The van der Waals surface area contributed by atoms with Crippen molar-refractivity contribution in [3.63, 3.8) is 0 Å². The summed E-state index contributed by atoms with van der Waals surface area (Å²) in [6.07, 6.45) is 5.39. The van der Waals surface area contributed by atoms with E-state index in [0.717, 1.165) is 22.3 Å². The van der Waals surface area contributed by atoms with E-state index in [9.17, 15) is 9.18 Å². The number of amides is 1. The number of nitrogens with one attached hydrogen (secondary N) is 1. The molecule has 0 saturated heterocycles. The van der Waals surface area contributed by atoms with E-state index in [2.05, 4.69) is 16.9 Å². The fourth-order valence-corrected chi connectivity index (χ4v) is 2.83. The van der Waals surface area contributed by atoms with E-state index in [1.165, 1.54) is 12.1 Å². The second kappa shape index (κ2) is 9.51. The molecule has 0 unspecified atom stereocenters. The van der Waals surface area contributed by atoms with Crippen LogP contribution in [0.15, 0.2) is 60.8 Å². The number of benzene rings is 1. The molecule has 1 aromatic heterocycles. The first-order chi connectivity index (χ1) is 12.6. The zero-order chi connectivity index (χ0) is 18.9. The summed E-state index contributed by atoms with van der Waals surface area (Å²) in [7, 11) is 0. The smallest absolute Gasteiger partial charge is 0.211 e. The van der Waals surface area contributed by atoms with Gasteiger partial charge in [-0.2, -0.15) is 0 Å². The van der Waals surface area contributed by atoms with Crippen LogP contribution in [0.3, 0.4) is 0 Å². The Morgan fingerprint density at radius 1 is 1.27 bits per heavy atom. The summed E-state index contributed by atoms with van der Waals surface area (Å²) in [6, 6.07) is 8.30. The zero-order valence-electron chi connectivity index (χ0n) is 15.1. The van der Waals surface area contributed by atoms with Gasteiger partial charge in [-0.25, -0.2) is 4.39 Å². The number of allylic oxidation sites excluding steroid dienone is 1. The van der Waals surface area contributed by atoms with Crippen molar-refractivity contribution in [1.82, 2.24) is 10.3 Å². The fraction of sp³-hybridized carbons (Fsp3) is 0.238. The molecule has 5 heteroatoms. The summed E-state index contributed by atoms with van der Waals surface area (Å²) in [5, 5.41) is 2.72. The normalized spacial score (nSPS) is 11.5. The number of rotatable bonds is 9. The molecule has 136 valence electrons. The highest BCUT2D eigenvalue weighted by Crippen LogP contribution is 2.28. The van der Waals surface area contributed by atoms with Gasteiger partial charge < -0.3 is 10.1 Å². The van der Waals surface area contributed by atoms with Gasteiger partial charge in [0.15, 0.2) is 0 Å². The molecule has 0 aliphatic carbocycles. The number of carbonyl (C=O) groups excluding carboxylic acids is 1. The number of hydrogen-bond acceptors (Lipinski definition) is 3. The van der Waals surface area contributed by atoms with Crippen LogP contribution in [-0.2, 0) is 16.0 Å². The number of halogens is 1. The lowest BCUT2D eigenvalue weighted by molar-refractivity contribution is -0.109. The van der Waals surface area contributed by atoms with Crippen molar-refractivity contribution < 1.29 is 13.9 Å². The van der Waals surface area contributed by atoms with Gasteiger partial charge in [-0.1, -0.05) is 25.6 Å². The first-order valence-electron chi connectivity index (χ1n) is 8.53. The third kappa shape index (κ3) is 4.79. The fourth-order valence-electron chi connectivity index (χ4n) is 2.83. The third-order valence-corrected chi connectivity index (χ3v) is 3.99. The molecule has 0 saturated carbocycles. The lowest BCUT2D eigenvalue weighted by Gasteiger charge is -2.18. The lowest BCUT2D eigenvalue weighted by atomic mass is 9.93. The Bertz CT molecular complexity index is 798. The van der Waals surface area contributed by atoms with Crippen molar-refractivity contribution in [2.24, 2.45) is 0 Å². The van der Waals surface area contributed by atoms with E-state index in [4.69, 9.17) is 4.74 Å². The number of nitrogens with zero attached hydrogens (tertiary/aromatic N) is 1. The molecule has 2 aromatic rings. The average Bonchev–Trinajstić information content (AvgIpc) is 2.65. The summed E-state index contributed by atoms with van der Waals surface area (Å²) in [6.45, 7) is 8.25. The van der Waals surface area contributed by atoms with Crippen LogP contribution in [0.25, 0.3) is 5.57 Å².